The number of carbonyl (C=O) groups is 2. The quantitative estimate of drug-likeness (QED) is 0.153. The average molecular weight is 619 g/mol. The number of aromatic nitrogens is 1. The molecule has 6 rings (SSSR count). The molecule has 0 saturated carbocycles. The Balaban J connectivity index is 1.42. The second-order valence-corrected chi connectivity index (χ2v) is 11.2. The van der Waals surface area contributed by atoms with Gasteiger partial charge in [-0.15, -0.1) is 0 Å². The first-order chi connectivity index (χ1) is 22.0. The summed E-state index contributed by atoms with van der Waals surface area (Å²) in [5.41, 5.74) is 2.96. The Bertz CT molecular complexity index is 1920. The number of fused-ring (bicyclic) bond motifs is 1. The number of aliphatic hydroxyl groups excluding tert-OH is 1. The van der Waals surface area contributed by atoms with Crippen molar-refractivity contribution in [1.82, 2.24) is 4.98 Å². The Labute approximate surface area is 264 Å². The topological polar surface area (TPSA) is 98.2 Å². The van der Waals surface area contributed by atoms with Crippen molar-refractivity contribution in [3.05, 3.63) is 131 Å². The summed E-state index contributed by atoms with van der Waals surface area (Å²) in [5, 5.41) is 11.5. The van der Waals surface area contributed by atoms with Crippen LogP contribution in [0.25, 0.3) is 16.3 Å². The molecule has 9 heteroatoms. The molecule has 8 nitrogen and oxygen atoms in total. The number of thiazole rings is 1. The lowest BCUT2D eigenvalue weighted by atomic mass is 9.95. The van der Waals surface area contributed by atoms with E-state index in [9.17, 15) is 14.7 Å². The first kappa shape index (κ1) is 29.7. The van der Waals surface area contributed by atoms with E-state index in [0.717, 1.165) is 15.8 Å². The lowest BCUT2D eigenvalue weighted by molar-refractivity contribution is -0.117. The number of nitrogens with zero attached hydrogens (tertiary/aromatic N) is 2. The van der Waals surface area contributed by atoms with Crippen molar-refractivity contribution in [2.24, 2.45) is 0 Å². The zero-order valence-corrected chi connectivity index (χ0v) is 25.5. The number of aliphatic hydroxyl groups is 1. The van der Waals surface area contributed by atoms with Gasteiger partial charge in [0.15, 0.2) is 28.2 Å². The standard InChI is InChI=1S/C36H30N2O6S/c1-3-43-30-20-25(15-19-29(30)44-22-24-12-8-5-9-13-24)33-32(28(39)18-14-23-10-6-4-7-11-23)34(40)35(41)38(33)36-37-27-17-16-26(42-2)21-31(27)45-36/h4-21,33,40H,3,22H2,1-2H3/b18-14+. The Hall–Kier alpha value is -5.41. The zero-order chi connectivity index (χ0) is 31.3. The lowest BCUT2D eigenvalue weighted by Crippen LogP contribution is -2.30. The molecule has 1 aliphatic rings. The molecule has 1 amide bonds. The molecule has 1 aliphatic heterocycles. The molecule has 0 aliphatic carbocycles. The van der Waals surface area contributed by atoms with E-state index in [1.165, 1.54) is 22.3 Å². The summed E-state index contributed by atoms with van der Waals surface area (Å²) < 4.78 is 18.2. The van der Waals surface area contributed by atoms with Crippen LogP contribution < -0.4 is 19.1 Å². The Morgan fingerprint density at radius 1 is 0.956 bits per heavy atom. The number of amides is 1. The van der Waals surface area contributed by atoms with Gasteiger partial charge in [-0.25, -0.2) is 4.98 Å². The van der Waals surface area contributed by atoms with Gasteiger partial charge in [0.2, 0.25) is 0 Å². The number of anilines is 1. The maximum Gasteiger partial charge on any atom is 0.296 e. The number of carbonyl (C=O) groups excluding carboxylic acids is 2. The maximum absolute atomic E-state index is 13.8. The van der Waals surface area contributed by atoms with E-state index in [4.69, 9.17) is 19.2 Å². The van der Waals surface area contributed by atoms with Gasteiger partial charge in [0.1, 0.15) is 12.4 Å². The predicted octanol–water partition coefficient (Wildman–Crippen LogP) is 7.47. The van der Waals surface area contributed by atoms with Crippen LogP contribution in [0.5, 0.6) is 17.2 Å². The van der Waals surface area contributed by atoms with Gasteiger partial charge in [0.05, 0.1) is 35.5 Å². The normalized spacial score (nSPS) is 14.8. The third-order valence-electron chi connectivity index (χ3n) is 7.31. The Kier molecular flexibility index (Phi) is 8.61. The highest BCUT2D eigenvalue weighted by Gasteiger charge is 2.45. The van der Waals surface area contributed by atoms with Gasteiger partial charge in [0, 0.05) is 0 Å². The summed E-state index contributed by atoms with van der Waals surface area (Å²) in [6.07, 6.45) is 3.03. The van der Waals surface area contributed by atoms with Gasteiger partial charge in [-0.3, -0.25) is 14.5 Å². The molecule has 0 spiro atoms. The van der Waals surface area contributed by atoms with Gasteiger partial charge in [-0.1, -0.05) is 84.1 Å². The van der Waals surface area contributed by atoms with Crippen LogP contribution in [0, 0.1) is 0 Å². The highest BCUT2D eigenvalue weighted by molar-refractivity contribution is 7.22. The molecular weight excluding hydrogens is 588 g/mol. The first-order valence-corrected chi connectivity index (χ1v) is 15.2. The monoisotopic (exact) mass is 618 g/mol. The van der Waals surface area contributed by atoms with Crippen molar-refractivity contribution in [2.75, 3.05) is 18.6 Å². The molecule has 45 heavy (non-hydrogen) atoms. The molecule has 5 aromatic rings. The smallest absolute Gasteiger partial charge is 0.296 e. The van der Waals surface area contributed by atoms with E-state index in [0.29, 0.717) is 46.7 Å². The molecule has 0 radical (unpaired) electrons. The Morgan fingerprint density at radius 3 is 2.44 bits per heavy atom. The second kappa shape index (κ2) is 13.1. The lowest BCUT2D eigenvalue weighted by Gasteiger charge is -2.25. The molecule has 1 N–H and O–H groups in total. The zero-order valence-electron chi connectivity index (χ0n) is 24.7. The highest BCUT2D eigenvalue weighted by atomic mass is 32.1. The molecule has 0 saturated heterocycles. The first-order valence-electron chi connectivity index (χ1n) is 14.4. The van der Waals surface area contributed by atoms with Crippen LogP contribution in [0.4, 0.5) is 5.13 Å². The largest absolute Gasteiger partial charge is 0.503 e. The van der Waals surface area contributed by atoms with Gasteiger partial charge >= 0.3 is 0 Å². The van der Waals surface area contributed by atoms with Crippen LogP contribution in [0.15, 0.2) is 114 Å². The van der Waals surface area contributed by atoms with Crippen molar-refractivity contribution in [2.45, 2.75) is 19.6 Å². The molecule has 2 heterocycles. The number of benzene rings is 4. The fourth-order valence-corrected chi connectivity index (χ4v) is 6.16. The molecule has 0 bridgehead atoms. The van der Waals surface area contributed by atoms with E-state index >= 15 is 0 Å². The Morgan fingerprint density at radius 2 is 1.71 bits per heavy atom. The molecule has 1 unspecified atom stereocenters. The minimum atomic E-state index is -0.977. The molecule has 1 atom stereocenters. The van der Waals surface area contributed by atoms with Crippen LogP contribution in [0.3, 0.4) is 0 Å². The average Bonchev–Trinajstić information content (AvgIpc) is 3.61. The maximum atomic E-state index is 13.8. The number of hydrogen-bond acceptors (Lipinski definition) is 8. The fourth-order valence-electron chi connectivity index (χ4n) is 5.14. The van der Waals surface area contributed by atoms with E-state index < -0.39 is 23.5 Å². The van der Waals surface area contributed by atoms with E-state index in [1.807, 2.05) is 73.7 Å². The summed E-state index contributed by atoms with van der Waals surface area (Å²) >= 11 is 1.27. The van der Waals surface area contributed by atoms with Crippen molar-refractivity contribution in [3.8, 4) is 17.2 Å². The number of methoxy groups -OCH3 is 1. The van der Waals surface area contributed by atoms with Crippen LogP contribution in [-0.2, 0) is 16.2 Å². The minimum absolute atomic E-state index is 0.0515. The SMILES string of the molecule is CCOc1cc(C2C(C(=O)/C=C/c3ccccc3)=C(O)C(=O)N2c2nc3ccc(OC)cc3s2)ccc1OCc1ccccc1. The van der Waals surface area contributed by atoms with Crippen LogP contribution in [0.2, 0.25) is 0 Å². The summed E-state index contributed by atoms with van der Waals surface area (Å²) in [6, 6.07) is 28.8. The number of hydrogen-bond donors (Lipinski definition) is 1. The van der Waals surface area contributed by atoms with Crippen molar-refractivity contribution >= 4 is 44.5 Å². The van der Waals surface area contributed by atoms with E-state index in [1.54, 1.807) is 43.5 Å². The van der Waals surface area contributed by atoms with Crippen molar-refractivity contribution < 1.29 is 28.9 Å². The number of allylic oxidation sites excluding steroid dienone is 1. The summed E-state index contributed by atoms with van der Waals surface area (Å²) in [6.45, 7) is 2.56. The second-order valence-electron chi connectivity index (χ2n) is 10.2. The van der Waals surface area contributed by atoms with E-state index in [-0.39, 0.29) is 5.57 Å². The minimum Gasteiger partial charge on any atom is -0.503 e. The van der Waals surface area contributed by atoms with Crippen LogP contribution >= 0.6 is 11.3 Å². The molecular formula is C36H30N2O6S. The number of rotatable bonds is 11. The number of ketones is 1. The summed E-state index contributed by atoms with van der Waals surface area (Å²) in [5.74, 6) is -0.228. The molecule has 226 valence electrons. The van der Waals surface area contributed by atoms with Crippen LogP contribution in [-0.4, -0.2) is 35.5 Å². The van der Waals surface area contributed by atoms with Gasteiger partial charge in [-0.05, 0) is 60.0 Å². The van der Waals surface area contributed by atoms with Gasteiger partial charge < -0.3 is 19.3 Å². The van der Waals surface area contributed by atoms with Crippen LogP contribution in [0.1, 0.15) is 29.7 Å². The van der Waals surface area contributed by atoms with Gasteiger partial charge in [-0.2, -0.15) is 0 Å². The third-order valence-corrected chi connectivity index (χ3v) is 8.33. The fraction of sp³-hybridized carbons (Fsp3) is 0.139. The summed E-state index contributed by atoms with van der Waals surface area (Å²) in [4.78, 5) is 33.6. The van der Waals surface area contributed by atoms with Gasteiger partial charge in [0.25, 0.3) is 5.91 Å². The van der Waals surface area contributed by atoms with E-state index in [2.05, 4.69) is 0 Å². The number of ether oxygens (including phenoxy) is 3. The van der Waals surface area contributed by atoms with Crippen molar-refractivity contribution in [3.63, 3.8) is 0 Å². The predicted molar refractivity (Wildman–Crippen MR) is 175 cm³/mol. The van der Waals surface area contributed by atoms with Crippen molar-refractivity contribution in [1.29, 1.82) is 0 Å². The summed E-state index contributed by atoms with van der Waals surface area (Å²) in [7, 11) is 1.58. The highest BCUT2D eigenvalue weighted by Crippen LogP contribution is 2.45. The molecule has 1 aromatic heterocycles. The molecule has 0 fully saturated rings. The third kappa shape index (κ3) is 6.16. The molecule has 4 aromatic carbocycles.